The van der Waals surface area contributed by atoms with Crippen molar-refractivity contribution in [3.8, 4) is 5.75 Å². The number of hydrogen-bond acceptors (Lipinski definition) is 6. The molecule has 1 heterocycles. The highest BCUT2D eigenvalue weighted by Gasteiger charge is 2.11. The number of amides is 1. The molecule has 0 unspecified atom stereocenters. The first-order valence-electron chi connectivity index (χ1n) is 8.36. The Balaban J connectivity index is 1.46. The maximum atomic E-state index is 12.1. The standard InChI is InChI=1S/C20H17ClN2O4S/c1-13-22-17(12-28-13)10-26-18-8-2-14(3-9-18)20(25)27-11-19(24)23-16-6-4-15(21)5-7-16/h2-9,12H,10-11H2,1H3,(H,23,24). The van der Waals surface area contributed by atoms with Crippen molar-refractivity contribution in [3.63, 3.8) is 0 Å². The fourth-order valence-corrected chi connectivity index (χ4v) is 2.99. The zero-order chi connectivity index (χ0) is 19.9. The molecule has 0 spiro atoms. The third-order valence-corrected chi connectivity index (χ3v) is 4.68. The molecule has 0 aliphatic rings. The molecule has 1 aromatic heterocycles. The predicted octanol–water partition coefficient (Wildman–Crippen LogP) is 4.48. The van der Waals surface area contributed by atoms with E-state index in [2.05, 4.69) is 10.3 Å². The van der Waals surface area contributed by atoms with Crippen LogP contribution in [0.3, 0.4) is 0 Å². The lowest BCUT2D eigenvalue weighted by atomic mass is 10.2. The SMILES string of the molecule is Cc1nc(COc2ccc(C(=O)OCC(=O)Nc3ccc(Cl)cc3)cc2)cs1. The van der Waals surface area contributed by atoms with Crippen molar-refractivity contribution < 1.29 is 19.1 Å². The van der Waals surface area contributed by atoms with E-state index in [9.17, 15) is 9.59 Å². The summed E-state index contributed by atoms with van der Waals surface area (Å²) in [5, 5.41) is 6.11. The molecule has 144 valence electrons. The van der Waals surface area contributed by atoms with Crippen LogP contribution in [0.2, 0.25) is 5.02 Å². The number of carbonyl (C=O) groups excluding carboxylic acids is 2. The molecule has 0 atom stereocenters. The van der Waals surface area contributed by atoms with E-state index < -0.39 is 11.9 Å². The molecule has 0 fully saturated rings. The van der Waals surface area contributed by atoms with Crippen LogP contribution in [0.1, 0.15) is 21.1 Å². The molecule has 3 rings (SSSR count). The third-order valence-electron chi connectivity index (χ3n) is 3.61. The lowest BCUT2D eigenvalue weighted by Crippen LogP contribution is -2.20. The van der Waals surface area contributed by atoms with Gasteiger partial charge in [-0.15, -0.1) is 11.3 Å². The number of aromatic nitrogens is 1. The van der Waals surface area contributed by atoms with E-state index in [0.717, 1.165) is 10.7 Å². The Labute approximate surface area is 171 Å². The number of anilines is 1. The average Bonchev–Trinajstić information content (AvgIpc) is 3.12. The molecule has 3 aromatic rings. The molecule has 1 amide bonds. The summed E-state index contributed by atoms with van der Waals surface area (Å²) in [6.45, 7) is 1.91. The molecule has 1 N–H and O–H groups in total. The number of rotatable bonds is 7. The molecule has 0 radical (unpaired) electrons. The quantitative estimate of drug-likeness (QED) is 0.574. The number of aryl methyl sites for hydroxylation is 1. The third kappa shape index (κ3) is 5.80. The summed E-state index contributed by atoms with van der Waals surface area (Å²) in [5.74, 6) is -0.412. The molecular formula is C20H17ClN2O4S. The first kappa shape index (κ1) is 19.9. The van der Waals surface area contributed by atoms with Gasteiger partial charge in [-0.05, 0) is 55.5 Å². The first-order chi connectivity index (χ1) is 13.5. The molecule has 0 aliphatic carbocycles. The topological polar surface area (TPSA) is 77.5 Å². The van der Waals surface area contributed by atoms with Gasteiger partial charge in [0.1, 0.15) is 12.4 Å². The zero-order valence-electron chi connectivity index (χ0n) is 15.0. The Morgan fingerprint density at radius 2 is 1.82 bits per heavy atom. The van der Waals surface area contributed by atoms with Gasteiger partial charge >= 0.3 is 5.97 Å². The van der Waals surface area contributed by atoms with Crippen LogP contribution in [0.4, 0.5) is 5.69 Å². The number of nitrogens with one attached hydrogen (secondary N) is 1. The van der Waals surface area contributed by atoms with E-state index in [1.807, 2.05) is 12.3 Å². The molecule has 6 nitrogen and oxygen atoms in total. The Hall–Kier alpha value is -2.90. The molecule has 2 aromatic carbocycles. The molecular weight excluding hydrogens is 400 g/mol. The van der Waals surface area contributed by atoms with E-state index in [4.69, 9.17) is 21.1 Å². The Morgan fingerprint density at radius 1 is 1.11 bits per heavy atom. The molecule has 28 heavy (non-hydrogen) atoms. The van der Waals surface area contributed by atoms with Crippen LogP contribution in [0.15, 0.2) is 53.9 Å². The highest BCUT2D eigenvalue weighted by atomic mass is 35.5. The van der Waals surface area contributed by atoms with Crippen LogP contribution >= 0.6 is 22.9 Å². The summed E-state index contributed by atoms with van der Waals surface area (Å²) in [4.78, 5) is 28.3. The van der Waals surface area contributed by atoms with E-state index in [-0.39, 0.29) is 6.61 Å². The number of benzene rings is 2. The van der Waals surface area contributed by atoms with Gasteiger partial charge in [-0.2, -0.15) is 0 Å². The van der Waals surface area contributed by atoms with Crippen LogP contribution in [-0.2, 0) is 16.1 Å². The predicted molar refractivity (Wildman–Crippen MR) is 108 cm³/mol. The van der Waals surface area contributed by atoms with Crippen molar-refractivity contribution in [2.45, 2.75) is 13.5 Å². The second kappa shape index (κ2) is 9.34. The first-order valence-corrected chi connectivity index (χ1v) is 9.62. The largest absolute Gasteiger partial charge is 0.487 e. The number of carbonyl (C=O) groups is 2. The summed E-state index contributed by atoms with van der Waals surface area (Å²) in [6.07, 6.45) is 0. The number of ether oxygens (including phenoxy) is 2. The maximum absolute atomic E-state index is 12.1. The minimum Gasteiger partial charge on any atom is -0.487 e. The Bertz CT molecular complexity index is 955. The highest BCUT2D eigenvalue weighted by molar-refractivity contribution is 7.09. The lowest BCUT2D eigenvalue weighted by molar-refractivity contribution is -0.119. The van der Waals surface area contributed by atoms with Crippen molar-refractivity contribution in [1.82, 2.24) is 4.98 Å². The summed E-state index contributed by atoms with van der Waals surface area (Å²) >= 11 is 7.35. The monoisotopic (exact) mass is 416 g/mol. The second-order valence-corrected chi connectivity index (χ2v) is 7.30. The van der Waals surface area contributed by atoms with Gasteiger partial charge in [0, 0.05) is 16.1 Å². The number of esters is 1. The number of hydrogen-bond donors (Lipinski definition) is 1. The number of nitrogens with zero attached hydrogens (tertiary/aromatic N) is 1. The normalized spacial score (nSPS) is 10.4. The van der Waals surface area contributed by atoms with Gasteiger partial charge in [-0.3, -0.25) is 4.79 Å². The average molecular weight is 417 g/mol. The van der Waals surface area contributed by atoms with Crippen molar-refractivity contribution in [1.29, 1.82) is 0 Å². The Kier molecular flexibility index (Phi) is 6.62. The van der Waals surface area contributed by atoms with Crippen molar-refractivity contribution in [2.75, 3.05) is 11.9 Å². The molecule has 0 saturated carbocycles. The van der Waals surface area contributed by atoms with Gasteiger partial charge in [-0.1, -0.05) is 11.6 Å². The van der Waals surface area contributed by atoms with Gasteiger partial charge in [0.25, 0.3) is 5.91 Å². The van der Waals surface area contributed by atoms with Gasteiger partial charge in [0.2, 0.25) is 0 Å². The molecule has 0 saturated heterocycles. The molecule has 0 bridgehead atoms. The molecule has 8 heteroatoms. The van der Waals surface area contributed by atoms with E-state index in [1.54, 1.807) is 59.9 Å². The summed E-state index contributed by atoms with van der Waals surface area (Å²) in [6, 6.07) is 13.1. The summed E-state index contributed by atoms with van der Waals surface area (Å²) in [7, 11) is 0. The van der Waals surface area contributed by atoms with Crippen LogP contribution in [0, 0.1) is 6.92 Å². The smallest absolute Gasteiger partial charge is 0.338 e. The fraction of sp³-hybridized carbons (Fsp3) is 0.150. The van der Waals surface area contributed by atoms with E-state index in [1.165, 1.54) is 0 Å². The van der Waals surface area contributed by atoms with Gasteiger partial charge in [0.15, 0.2) is 6.61 Å². The van der Waals surface area contributed by atoms with Gasteiger partial charge < -0.3 is 14.8 Å². The highest BCUT2D eigenvalue weighted by Crippen LogP contribution is 2.16. The van der Waals surface area contributed by atoms with E-state index >= 15 is 0 Å². The number of thiazole rings is 1. The van der Waals surface area contributed by atoms with Crippen molar-refractivity contribution >= 4 is 40.5 Å². The van der Waals surface area contributed by atoms with Gasteiger partial charge in [0.05, 0.1) is 16.3 Å². The van der Waals surface area contributed by atoms with Crippen molar-refractivity contribution in [3.05, 3.63) is 75.2 Å². The van der Waals surface area contributed by atoms with Crippen LogP contribution in [0.5, 0.6) is 5.75 Å². The zero-order valence-corrected chi connectivity index (χ0v) is 16.5. The van der Waals surface area contributed by atoms with E-state index in [0.29, 0.717) is 28.6 Å². The minimum absolute atomic E-state index is 0.330. The lowest BCUT2D eigenvalue weighted by Gasteiger charge is -2.08. The van der Waals surface area contributed by atoms with Gasteiger partial charge in [-0.25, -0.2) is 9.78 Å². The summed E-state index contributed by atoms with van der Waals surface area (Å²) < 4.78 is 10.7. The Morgan fingerprint density at radius 3 is 2.46 bits per heavy atom. The van der Waals surface area contributed by atoms with Crippen LogP contribution in [-0.4, -0.2) is 23.5 Å². The summed E-state index contributed by atoms with van der Waals surface area (Å²) in [5.41, 5.74) is 1.76. The van der Waals surface area contributed by atoms with Crippen LogP contribution in [0.25, 0.3) is 0 Å². The fourth-order valence-electron chi connectivity index (χ4n) is 2.26. The van der Waals surface area contributed by atoms with Crippen LogP contribution < -0.4 is 10.1 Å². The van der Waals surface area contributed by atoms with Crippen molar-refractivity contribution in [2.24, 2.45) is 0 Å². The second-order valence-electron chi connectivity index (χ2n) is 5.80. The molecule has 0 aliphatic heterocycles. The minimum atomic E-state index is -0.590. The maximum Gasteiger partial charge on any atom is 0.338 e. The number of halogens is 1.